The number of rotatable bonds is 2. The molecule has 98 valence electrons. The molecule has 1 aliphatic carbocycles. The summed E-state index contributed by atoms with van der Waals surface area (Å²) in [6.07, 6.45) is 5.86. The number of aromatic hydroxyl groups is 1. The lowest BCUT2D eigenvalue weighted by molar-refractivity contribution is 0.0600. The Kier molecular flexibility index (Phi) is 3.90. The molecule has 0 heterocycles. The molecule has 1 aromatic rings. The molecule has 1 saturated carbocycles. The van der Waals surface area contributed by atoms with Gasteiger partial charge in [0, 0.05) is 0 Å². The average Bonchev–Trinajstić information content (AvgIpc) is 2.41. The fraction of sp³-hybridized carbons (Fsp3) is 0.533. The van der Waals surface area contributed by atoms with Gasteiger partial charge in [-0.15, -0.1) is 0 Å². The van der Waals surface area contributed by atoms with Gasteiger partial charge >= 0.3 is 5.97 Å². The molecule has 1 aliphatic rings. The number of phenols is 1. The molecule has 0 unspecified atom stereocenters. The van der Waals surface area contributed by atoms with Gasteiger partial charge in [-0.05, 0) is 48.9 Å². The molecule has 0 atom stereocenters. The van der Waals surface area contributed by atoms with Crippen LogP contribution in [0.1, 0.15) is 59.5 Å². The smallest absolute Gasteiger partial charge is 0.337 e. The van der Waals surface area contributed by atoms with Gasteiger partial charge in [0.1, 0.15) is 5.75 Å². The van der Waals surface area contributed by atoms with E-state index < -0.39 is 0 Å². The van der Waals surface area contributed by atoms with Crippen molar-refractivity contribution in [1.29, 1.82) is 0 Å². The van der Waals surface area contributed by atoms with Gasteiger partial charge in [-0.3, -0.25) is 0 Å². The molecule has 0 aliphatic heterocycles. The van der Waals surface area contributed by atoms with Crippen molar-refractivity contribution >= 4 is 5.97 Å². The first-order valence-corrected chi connectivity index (χ1v) is 6.55. The normalized spacial score (nSPS) is 16.6. The number of ether oxygens (including phenoxy) is 1. The summed E-state index contributed by atoms with van der Waals surface area (Å²) < 4.78 is 4.75. The molecule has 0 amide bonds. The maximum absolute atomic E-state index is 11.6. The van der Waals surface area contributed by atoms with Crippen molar-refractivity contribution in [3.05, 3.63) is 28.8 Å². The van der Waals surface area contributed by atoms with E-state index >= 15 is 0 Å². The van der Waals surface area contributed by atoms with Crippen molar-refractivity contribution in [2.45, 2.75) is 44.9 Å². The molecule has 18 heavy (non-hydrogen) atoms. The van der Waals surface area contributed by atoms with Crippen LogP contribution in [0, 0.1) is 6.92 Å². The van der Waals surface area contributed by atoms with E-state index in [0.29, 0.717) is 17.2 Å². The quantitative estimate of drug-likeness (QED) is 0.814. The van der Waals surface area contributed by atoms with Crippen molar-refractivity contribution in [2.75, 3.05) is 7.11 Å². The third-order valence-corrected chi connectivity index (χ3v) is 3.80. The molecule has 1 fully saturated rings. The van der Waals surface area contributed by atoms with Crippen molar-refractivity contribution in [2.24, 2.45) is 0 Å². The van der Waals surface area contributed by atoms with E-state index in [2.05, 4.69) is 0 Å². The summed E-state index contributed by atoms with van der Waals surface area (Å²) in [6, 6.07) is 3.48. The Hall–Kier alpha value is -1.51. The van der Waals surface area contributed by atoms with Gasteiger partial charge in [-0.25, -0.2) is 4.79 Å². The zero-order chi connectivity index (χ0) is 13.1. The van der Waals surface area contributed by atoms with Crippen LogP contribution in [0.25, 0.3) is 0 Å². The van der Waals surface area contributed by atoms with Crippen LogP contribution in [0.5, 0.6) is 5.75 Å². The largest absolute Gasteiger partial charge is 0.507 e. The molecule has 3 heteroatoms. The van der Waals surface area contributed by atoms with Crippen molar-refractivity contribution < 1.29 is 14.6 Å². The van der Waals surface area contributed by atoms with Crippen LogP contribution < -0.4 is 0 Å². The Morgan fingerprint density at radius 2 is 1.94 bits per heavy atom. The van der Waals surface area contributed by atoms with Crippen molar-refractivity contribution in [1.82, 2.24) is 0 Å². The highest BCUT2D eigenvalue weighted by molar-refractivity contribution is 5.90. The highest BCUT2D eigenvalue weighted by Gasteiger charge is 2.21. The van der Waals surface area contributed by atoms with Gasteiger partial charge in [-0.2, -0.15) is 0 Å². The third kappa shape index (κ3) is 2.50. The second-order valence-corrected chi connectivity index (χ2v) is 5.06. The van der Waals surface area contributed by atoms with Crippen LogP contribution in [0.4, 0.5) is 0 Å². The van der Waals surface area contributed by atoms with Crippen molar-refractivity contribution in [3.63, 3.8) is 0 Å². The van der Waals surface area contributed by atoms with E-state index in [0.717, 1.165) is 24.0 Å². The molecule has 1 aromatic carbocycles. The molecular weight excluding hydrogens is 228 g/mol. The van der Waals surface area contributed by atoms with Gasteiger partial charge in [0.15, 0.2) is 0 Å². The Balaban J connectivity index is 2.38. The number of aryl methyl sites for hydroxylation is 1. The highest BCUT2D eigenvalue weighted by atomic mass is 16.5. The number of carbonyl (C=O) groups excluding carboxylic acids is 1. The first-order chi connectivity index (χ1) is 8.63. The summed E-state index contributed by atoms with van der Waals surface area (Å²) >= 11 is 0. The van der Waals surface area contributed by atoms with Crippen LogP contribution in [0.2, 0.25) is 0 Å². The zero-order valence-electron chi connectivity index (χ0n) is 11.0. The highest BCUT2D eigenvalue weighted by Crippen LogP contribution is 2.39. The molecule has 0 saturated heterocycles. The van der Waals surface area contributed by atoms with Gasteiger partial charge < -0.3 is 9.84 Å². The molecule has 0 spiro atoms. The lowest BCUT2D eigenvalue weighted by atomic mass is 9.82. The molecule has 0 aromatic heterocycles. The first-order valence-electron chi connectivity index (χ1n) is 6.55. The Morgan fingerprint density at radius 1 is 1.28 bits per heavy atom. The van der Waals surface area contributed by atoms with Gasteiger partial charge in [0.05, 0.1) is 12.7 Å². The van der Waals surface area contributed by atoms with Crippen molar-refractivity contribution in [3.8, 4) is 5.75 Å². The summed E-state index contributed by atoms with van der Waals surface area (Å²) in [4.78, 5) is 11.6. The summed E-state index contributed by atoms with van der Waals surface area (Å²) in [5.41, 5.74) is 2.20. The van der Waals surface area contributed by atoms with Crippen LogP contribution in [0.3, 0.4) is 0 Å². The Bertz CT molecular complexity index is 445. The number of carbonyl (C=O) groups is 1. The molecular formula is C15H20O3. The fourth-order valence-corrected chi connectivity index (χ4v) is 2.77. The van der Waals surface area contributed by atoms with E-state index in [4.69, 9.17) is 4.74 Å². The Labute approximate surface area is 108 Å². The molecule has 2 rings (SSSR count). The SMILES string of the molecule is COC(=O)c1cc(C)c(O)c(C2CCCCC2)c1. The lowest BCUT2D eigenvalue weighted by Crippen LogP contribution is -2.08. The van der Waals surface area contributed by atoms with E-state index in [1.807, 2.05) is 6.92 Å². The first kappa shape index (κ1) is 12.9. The third-order valence-electron chi connectivity index (χ3n) is 3.80. The Morgan fingerprint density at radius 3 is 2.56 bits per heavy atom. The maximum Gasteiger partial charge on any atom is 0.337 e. The van der Waals surface area contributed by atoms with E-state index in [1.165, 1.54) is 26.4 Å². The average molecular weight is 248 g/mol. The van der Waals surface area contributed by atoms with Crippen LogP contribution >= 0.6 is 0 Å². The fourth-order valence-electron chi connectivity index (χ4n) is 2.77. The number of hydrogen-bond donors (Lipinski definition) is 1. The topological polar surface area (TPSA) is 46.5 Å². The predicted octanol–water partition coefficient (Wildman–Crippen LogP) is 3.53. The van der Waals surface area contributed by atoms with E-state index in [9.17, 15) is 9.90 Å². The van der Waals surface area contributed by atoms with Gasteiger partial charge in [0.25, 0.3) is 0 Å². The minimum absolute atomic E-state index is 0.338. The summed E-state index contributed by atoms with van der Waals surface area (Å²) in [7, 11) is 1.38. The second-order valence-electron chi connectivity index (χ2n) is 5.06. The van der Waals surface area contributed by atoms with Crippen LogP contribution in [-0.2, 0) is 4.74 Å². The zero-order valence-corrected chi connectivity index (χ0v) is 11.0. The molecule has 3 nitrogen and oxygen atoms in total. The van der Waals surface area contributed by atoms with E-state index in [-0.39, 0.29) is 5.97 Å². The second kappa shape index (κ2) is 5.42. The predicted molar refractivity (Wildman–Crippen MR) is 70.0 cm³/mol. The lowest BCUT2D eigenvalue weighted by Gasteiger charge is -2.23. The van der Waals surface area contributed by atoms with Crippen LogP contribution in [-0.4, -0.2) is 18.2 Å². The number of benzene rings is 1. The van der Waals surface area contributed by atoms with Gasteiger partial charge in [0.2, 0.25) is 0 Å². The summed E-state index contributed by atoms with van der Waals surface area (Å²) in [6.45, 7) is 1.83. The molecule has 0 bridgehead atoms. The minimum atomic E-state index is -0.338. The molecule has 0 radical (unpaired) electrons. The summed E-state index contributed by atoms with van der Waals surface area (Å²) in [5.74, 6) is 0.381. The summed E-state index contributed by atoms with van der Waals surface area (Å²) in [5, 5.41) is 10.2. The minimum Gasteiger partial charge on any atom is -0.507 e. The van der Waals surface area contributed by atoms with E-state index in [1.54, 1.807) is 12.1 Å². The standard InChI is InChI=1S/C15H20O3/c1-10-8-12(15(17)18-2)9-13(14(10)16)11-6-4-3-5-7-11/h8-9,11,16H,3-7H2,1-2H3. The number of hydrogen-bond acceptors (Lipinski definition) is 3. The maximum atomic E-state index is 11.6. The van der Waals surface area contributed by atoms with Gasteiger partial charge in [-0.1, -0.05) is 19.3 Å². The molecule has 1 N–H and O–H groups in total. The monoisotopic (exact) mass is 248 g/mol. The number of methoxy groups -OCH3 is 1. The number of esters is 1. The number of phenolic OH excluding ortho intramolecular Hbond substituents is 1. The van der Waals surface area contributed by atoms with Crippen LogP contribution in [0.15, 0.2) is 12.1 Å².